The first-order chi connectivity index (χ1) is 13.7. The van der Waals surface area contributed by atoms with Crippen molar-refractivity contribution in [3.63, 3.8) is 0 Å². The average molecular weight is 439 g/mol. The number of amides is 1. The van der Waals surface area contributed by atoms with Crippen molar-refractivity contribution in [3.8, 4) is 5.69 Å². The van der Waals surface area contributed by atoms with Crippen molar-refractivity contribution < 1.29 is 17.6 Å². The van der Waals surface area contributed by atoms with Crippen molar-refractivity contribution in [1.29, 1.82) is 0 Å². The van der Waals surface area contributed by atoms with Gasteiger partial charge < -0.3 is 5.32 Å². The molecule has 0 spiro atoms. The number of thiophene rings is 1. The lowest BCUT2D eigenvalue weighted by atomic mass is 10.3. The lowest BCUT2D eigenvalue weighted by Crippen LogP contribution is -2.32. The predicted octanol–water partition coefficient (Wildman–Crippen LogP) is 2.94. The van der Waals surface area contributed by atoms with Gasteiger partial charge in [-0.3, -0.25) is 4.79 Å². The van der Waals surface area contributed by atoms with E-state index in [2.05, 4.69) is 10.4 Å². The summed E-state index contributed by atoms with van der Waals surface area (Å²) < 4.78 is 39.7. The topological polar surface area (TPSA) is 84.3 Å². The molecule has 0 saturated heterocycles. The highest BCUT2D eigenvalue weighted by Gasteiger charge is 2.18. The molecule has 29 heavy (non-hydrogen) atoms. The van der Waals surface area contributed by atoms with Crippen molar-refractivity contribution in [3.05, 3.63) is 46.7 Å². The fourth-order valence-corrected chi connectivity index (χ4v) is 4.81. The van der Waals surface area contributed by atoms with E-state index < -0.39 is 10.0 Å². The van der Waals surface area contributed by atoms with Crippen LogP contribution in [-0.4, -0.2) is 54.3 Å². The van der Waals surface area contributed by atoms with Crippen LogP contribution < -0.4 is 5.32 Å². The first-order valence-corrected chi connectivity index (χ1v) is 11.6. The van der Waals surface area contributed by atoms with Gasteiger partial charge in [-0.15, -0.1) is 11.3 Å². The number of halogens is 1. The largest absolute Gasteiger partial charge is 0.351 e. The summed E-state index contributed by atoms with van der Waals surface area (Å²) in [4.78, 5) is 13.9. The van der Waals surface area contributed by atoms with Gasteiger partial charge in [-0.05, 0) is 50.6 Å². The van der Waals surface area contributed by atoms with Gasteiger partial charge in [0.2, 0.25) is 10.0 Å². The molecule has 0 aliphatic rings. The molecule has 0 aliphatic carbocycles. The molecular formula is C19H23FN4O3S2. The minimum atomic E-state index is -3.21. The van der Waals surface area contributed by atoms with Crippen LogP contribution >= 0.6 is 11.3 Å². The van der Waals surface area contributed by atoms with Crippen molar-refractivity contribution in [2.75, 3.05) is 25.9 Å². The average Bonchev–Trinajstić information content (AvgIpc) is 3.26. The molecule has 1 amide bonds. The molecule has 10 heteroatoms. The van der Waals surface area contributed by atoms with Gasteiger partial charge in [0, 0.05) is 25.5 Å². The summed E-state index contributed by atoms with van der Waals surface area (Å²) in [6, 6.07) is 7.82. The molecule has 0 bridgehead atoms. The molecule has 0 fully saturated rings. The number of fused-ring (bicyclic) bond motifs is 1. The van der Waals surface area contributed by atoms with Crippen LogP contribution in [0.1, 0.15) is 28.7 Å². The number of nitrogens with one attached hydrogen (secondary N) is 1. The maximum Gasteiger partial charge on any atom is 0.261 e. The number of aromatic nitrogens is 2. The molecule has 0 saturated carbocycles. The zero-order valence-corrected chi connectivity index (χ0v) is 18.1. The lowest BCUT2D eigenvalue weighted by Gasteiger charge is -2.15. The molecule has 0 aliphatic heterocycles. The van der Waals surface area contributed by atoms with Gasteiger partial charge in [0.25, 0.3) is 5.91 Å². The molecule has 2 aromatic heterocycles. The number of carbonyl (C=O) groups is 1. The van der Waals surface area contributed by atoms with E-state index in [0.29, 0.717) is 24.4 Å². The number of sulfonamides is 1. The second-order valence-electron chi connectivity index (χ2n) is 6.63. The van der Waals surface area contributed by atoms with Crippen molar-refractivity contribution in [2.45, 2.75) is 20.3 Å². The third kappa shape index (κ3) is 4.65. The summed E-state index contributed by atoms with van der Waals surface area (Å²) in [7, 11) is -1.67. The molecule has 3 rings (SSSR count). The summed E-state index contributed by atoms with van der Waals surface area (Å²) in [6.07, 6.45) is 0.523. The van der Waals surface area contributed by atoms with E-state index in [4.69, 9.17) is 0 Å². The Morgan fingerprint density at radius 2 is 2.00 bits per heavy atom. The fraction of sp³-hybridized carbons (Fsp3) is 0.368. The highest BCUT2D eigenvalue weighted by atomic mass is 32.2. The van der Waals surface area contributed by atoms with Crippen LogP contribution in [0.5, 0.6) is 0 Å². The van der Waals surface area contributed by atoms with Crippen LogP contribution in [0, 0.1) is 12.7 Å². The van der Waals surface area contributed by atoms with Crippen LogP contribution in [0.3, 0.4) is 0 Å². The van der Waals surface area contributed by atoms with Crippen molar-refractivity contribution in [2.24, 2.45) is 0 Å². The standard InChI is InChI=1S/C19H23FN4O3S2/c1-4-29(26,27)23(3)11-5-10-21-18(25)17-12-16-13(2)22-24(19(16)28-17)15-8-6-14(20)7-9-15/h6-9,12H,4-5,10-11H2,1-3H3,(H,21,25). The van der Waals surface area contributed by atoms with Gasteiger partial charge in [-0.1, -0.05) is 0 Å². The number of nitrogens with zero attached hydrogens (tertiary/aromatic N) is 3. The van der Waals surface area contributed by atoms with Crippen molar-refractivity contribution in [1.82, 2.24) is 19.4 Å². The van der Waals surface area contributed by atoms with E-state index in [1.807, 2.05) is 6.92 Å². The number of carbonyl (C=O) groups excluding carboxylic acids is 1. The second-order valence-corrected chi connectivity index (χ2v) is 10.0. The highest BCUT2D eigenvalue weighted by Crippen LogP contribution is 2.30. The SMILES string of the molecule is CCS(=O)(=O)N(C)CCCNC(=O)c1cc2c(C)nn(-c3ccc(F)cc3)c2s1. The third-order valence-corrected chi connectivity index (χ3v) is 7.59. The van der Waals surface area contributed by atoms with Gasteiger partial charge >= 0.3 is 0 Å². The van der Waals surface area contributed by atoms with Gasteiger partial charge in [-0.2, -0.15) is 5.10 Å². The van der Waals surface area contributed by atoms with E-state index in [0.717, 1.165) is 21.6 Å². The molecule has 1 N–H and O–H groups in total. The van der Waals surface area contributed by atoms with E-state index in [1.165, 1.54) is 34.8 Å². The van der Waals surface area contributed by atoms with Crippen LogP contribution in [-0.2, 0) is 10.0 Å². The Labute approximate surface area is 173 Å². The van der Waals surface area contributed by atoms with E-state index in [-0.39, 0.29) is 17.5 Å². The van der Waals surface area contributed by atoms with Crippen molar-refractivity contribution >= 4 is 37.5 Å². The monoisotopic (exact) mass is 438 g/mol. The normalized spacial score (nSPS) is 12.0. The molecule has 1 aromatic carbocycles. The summed E-state index contributed by atoms with van der Waals surface area (Å²) >= 11 is 1.31. The fourth-order valence-electron chi connectivity index (χ4n) is 2.87. The molecule has 2 heterocycles. The Bertz CT molecular complexity index is 1120. The Balaban J connectivity index is 1.68. The van der Waals surface area contributed by atoms with E-state index in [1.54, 1.807) is 29.8 Å². The zero-order valence-electron chi connectivity index (χ0n) is 16.5. The molecule has 0 unspecified atom stereocenters. The maximum atomic E-state index is 13.2. The van der Waals surface area contributed by atoms with Crippen LogP contribution in [0.2, 0.25) is 0 Å². The smallest absolute Gasteiger partial charge is 0.261 e. The lowest BCUT2D eigenvalue weighted by molar-refractivity contribution is 0.0957. The first kappa shape index (κ1) is 21.4. The Morgan fingerprint density at radius 1 is 1.31 bits per heavy atom. The van der Waals surface area contributed by atoms with Gasteiger partial charge in [-0.25, -0.2) is 21.8 Å². The number of hydrogen-bond acceptors (Lipinski definition) is 5. The summed E-state index contributed by atoms with van der Waals surface area (Å²) in [5.74, 6) is -0.475. The molecular weight excluding hydrogens is 415 g/mol. The van der Waals surface area contributed by atoms with Gasteiger partial charge in [0.15, 0.2) is 0 Å². The third-order valence-electron chi connectivity index (χ3n) is 4.61. The minimum absolute atomic E-state index is 0.0576. The predicted molar refractivity (Wildman–Crippen MR) is 113 cm³/mol. The quantitative estimate of drug-likeness (QED) is 0.548. The number of rotatable bonds is 8. The molecule has 3 aromatic rings. The van der Waals surface area contributed by atoms with E-state index in [9.17, 15) is 17.6 Å². The highest BCUT2D eigenvalue weighted by molar-refractivity contribution is 7.89. The summed E-state index contributed by atoms with van der Waals surface area (Å²) in [6.45, 7) is 4.19. The maximum absolute atomic E-state index is 13.2. The first-order valence-electron chi connectivity index (χ1n) is 9.20. The van der Waals surface area contributed by atoms with Crippen LogP contribution in [0.15, 0.2) is 30.3 Å². The number of benzene rings is 1. The van der Waals surface area contributed by atoms with Gasteiger partial charge in [0.1, 0.15) is 10.6 Å². The Hall–Kier alpha value is -2.30. The zero-order chi connectivity index (χ0) is 21.2. The number of aryl methyl sites for hydroxylation is 1. The van der Waals surface area contributed by atoms with Gasteiger partial charge in [0.05, 0.1) is 22.0 Å². The Kier molecular flexibility index (Phi) is 6.35. The molecule has 0 atom stereocenters. The summed E-state index contributed by atoms with van der Waals surface area (Å²) in [5, 5.41) is 8.19. The minimum Gasteiger partial charge on any atom is -0.351 e. The number of hydrogen-bond donors (Lipinski definition) is 1. The Morgan fingerprint density at radius 3 is 2.66 bits per heavy atom. The molecule has 7 nitrogen and oxygen atoms in total. The summed E-state index contributed by atoms with van der Waals surface area (Å²) in [5.41, 5.74) is 1.50. The second kappa shape index (κ2) is 8.60. The van der Waals surface area contributed by atoms with Crippen LogP contribution in [0.4, 0.5) is 4.39 Å². The molecule has 0 radical (unpaired) electrons. The van der Waals surface area contributed by atoms with E-state index >= 15 is 0 Å². The van der Waals surface area contributed by atoms with Crippen LogP contribution in [0.25, 0.3) is 15.9 Å². The molecule has 156 valence electrons.